The first kappa shape index (κ1) is 14.2. The highest BCUT2D eigenvalue weighted by Gasteiger charge is 2.17. The van der Waals surface area contributed by atoms with Crippen molar-refractivity contribution in [1.29, 1.82) is 0 Å². The van der Waals surface area contributed by atoms with Crippen LogP contribution in [-0.2, 0) is 0 Å². The first-order valence-corrected chi connectivity index (χ1v) is 6.29. The molecule has 1 atom stereocenters. The fourth-order valence-corrected chi connectivity index (χ4v) is 1.98. The summed E-state index contributed by atoms with van der Waals surface area (Å²) < 4.78 is 18.7. The average molecular weight is 273 g/mol. The zero-order valence-corrected chi connectivity index (χ0v) is 11.2. The third-order valence-corrected chi connectivity index (χ3v) is 3.11. The number of hydrogen-bond acceptors (Lipinski definition) is 3. The van der Waals surface area contributed by atoms with Gasteiger partial charge in [0.15, 0.2) is 5.78 Å². The Morgan fingerprint density at radius 2 is 1.95 bits per heavy atom. The Balaban J connectivity index is 2.12. The first-order valence-electron chi connectivity index (χ1n) is 6.29. The number of halogens is 1. The van der Waals surface area contributed by atoms with E-state index in [1.54, 1.807) is 6.07 Å². The molecule has 1 unspecified atom stereocenters. The van der Waals surface area contributed by atoms with Crippen molar-refractivity contribution in [3.05, 3.63) is 65.5 Å². The summed E-state index contributed by atoms with van der Waals surface area (Å²) in [6, 6.07) is 13.0. The molecule has 0 saturated carbocycles. The van der Waals surface area contributed by atoms with E-state index in [1.807, 2.05) is 30.3 Å². The average Bonchev–Trinajstić information content (AvgIpc) is 2.47. The van der Waals surface area contributed by atoms with Gasteiger partial charge in [-0.05, 0) is 17.7 Å². The van der Waals surface area contributed by atoms with Gasteiger partial charge in [-0.1, -0.05) is 30.3 Å². The van der Waals surface area contributed by atoms with Gasteiger partial charge in [-0.25, -0.2) is 4.39 Å². The van der Waals surface area contributed by atoms with Crippen LogP contribution in [0.1, 0.15) is 28.4 Å². The highest BCUT2D eigenvalue weighted by molar-refractivity contribution is 5.96. The van der Waals surface area contributed by atoms with Crippen LogP contribution in [0.2, 0.25) is 0 Å². The van der Waals surface area contributed by atoms with Gasteiger partial charge in [0.05, 0.1) is 12.7 Å². The summed E-state index contributed by atoms with van der Waals surface area (Å²) in [6.07, 6.45) is 0.0628. The molecule has 0 heterocycles. The standard InChI is InChI=1S/C16H16FNO2/c1-20-12-7-8-13(14(17)9-12)16(19)10-15(18)11-5-3-2-4-6-11/h2-9,15H,10,18H2,1H3. The Hall–Kier alpha value is -2.20. The normalized spacial score (nSPS) is 11.9. The third kappa shape index (κ3) is 3.22. The SMILES string of the molecule is COc1ccc(C(=O)CC(N)c2ccccc2)c(F)c1. The molecule has 0 fully saturated rings. The van der Waals surface area contributed by atoms with Crippen LogP contribution in [-0.4, -0.2) is 12.9 Å². The van der Waals surface area contributed by atoms with Crippen molar-refractivity contribution in [3.63, 3.8) is 0 Å². The van der Waals surface area contributed by atoms with Crippen molar-refractivity contribution in [2.75, 3.05) is 7.11 Å². The lowest BCUT2D eigenvalue weighted by molar-refractivity contribution is 0.0970. The van der Waals surface area contributed by atoms with Gasteiger partial charge in [0, 0.05) is 18.5 Å². The maximum absolute atomic E-state index is 13.8. The molecule has 0 bridgehead atoms. The molecule has 2 N–H and O–H groups in total. The molecule has 2 aromatic carbocycles. The van der Waals surface area contributed by atoms with Crippen molar-refractivity contribution < 1.29 is 13.9 Å². The van der Waals surface area contributed by atoms with Crippen LogP contribution in [0, 0.1) is 5.82 Å². The number of Topliss-reactive ketones (excluding diaryl/α,β-unsaturated/α-hetero) is 1. The summed E-state index contributed by atoms with van der Waals surface area (Å²) in [5.74, 6) is -0.525. The number of benzene rings is 2. The van der Waals surface area contributed by atoms with Crippen LogP contribution in [0.15, 0.2) is 48.5 Å². The van der Waals surface area contributed by atoms with E-state index in [-0.39, 0.29) is 17.8 Å². The molecule has 0 amide bonds. The number of rotatable bonds is 5. The van der Waals surface area contributed by atoms with E-state index in [4.69, 9.17) is 10.5 Å². The summed E-state index contributed by atoms with van der Waals surface area (Å²) in [4.78, 5) is 12.1. The summed E-state index contributed by atoms with van der Waals surface area (Å²) in [5, 5.41) is 0. The molecule has 2 aromatic rings. The van der Waals surface area contributed by atoms with Crippen molar-refractivity contribution >= 4 is 5.78 Å². The molecule has 0 aromatic heterocycles. The molecule has 2 rings (SSSR count). The van der Waals surface area contributed by atoms with E-state index in [9.17, 15) is 9.18 Å². The molecule has 0 spiro atoms. The predicted molar refractivity (Wildman–Crippen MR) is 75.3 cm³/mol. The van der Waals surface area contributed by atoms with Crippen molar-refractivity contribution in [3.8, 4) is 5.75 Å². The molecular formula is C16H16FNO2. The highest BCUT2D eigenvalue weighted by atomic mass is 19.1. The molecule has 104 valence electrons. The lowest BCUT2D eigenvalue weighted by atomic mass is 9.98. The monoisotopic (exact) mass is 273 g/mol. The van der Waals surface area contributed by atoms with Crippen LogP contribution in [0.5, 0.6) is 5.75 Å². The third-order valence-electron chi connectivity index (χ3n) is 3.11. The number of nitrogens with two attached hydrogens (primary N) is 1. The second kappa shape index (κ2) is 6.30. The summed E-state index contributed by atoms with van der Waals surface area (Å²) in [7, 11) is 1.45. The quantitative estimate of drug-likeness (QED) is 0.852. The summed E-state index contributed by atoms with van der Waals surface area (Å²) >= 11 is 0. The van der Waals surface area contributed by atoms with Crippen LogP contribution < -0.4 is 10.5 Å². The molecule has 0 aliphatic heterocycles. The second-order valence-corrected chi connectivity index (χ2v) is 4.49. The van der Waals surface area contributed by atoms with Crippen LogP contribution >= 0.6 is 0 Å². The topological polar surface area (TPSA) is 52.3 Å². The van der Waals surface area contributed by atoms with Gasteiger partial charge in [-0.15, -0.1) is 0 Å². The second-order valence-electron chi connectivity index (χ2n) is 4.49. The van der Waals surface area contributed by atoms with E-state index in [2.05, 4.69) is 0 Å². The van der Waals surface area contributed by atoms with E-state index < -0.39 is 11.9 Å². The van der Waals surface area contributed by atoms with Crippen LogP contribution in [0.25, 0.3) is 0 Å². The molecular weight excluding hydrogens is 257 g/mol. The highest BCUT2D eigenvalue weighted by Crippen LogP contribution is 2.21. The molecule has 0 aliphatic rings. The van der Waals surface area contributed by atoms with E-state index in [0.29, 0.717) is 5.75 Å². The Kier molecular flexibility index (Phi) is 4.48. The summed E-state index contributed by atoms with van der Waals surface area (Å²) in [5.41, 5.74) is 6.87. The van der Waals surface area contributed by atoms with Crippen molar-refractivity contribution in [1.82, 2.24) is 0 Å². The van der Waals surface area contributed by atoms with Crippen molar-refractivity contribution in [2.45, 2.75) is 12.5 Å². The van der Waals surface area contributed by atoms with E-state index in [1.165, 1.54) is 19.2 Å². The van der Waals surface area contributed by atoms with Gasteiger partial charge in [0.1, 0.15) is 11.6 Å². The maximum Gasteiger partial charge on any atom is 0.167 e. The molecule has 20 heavy (non-hydrogen) atoms. The molecule has 3 nitrogen and oxygen atoms in total. The minimum atomic E-state index is -0.588. The fourth-order valence-electron chi connectivity index (χ4n) is 1.98. The molecule has 0 aliphatic carbocycles. The van der Waals surface area contributed by atoms with Crippen LogP contribution in [0.4, 0.5) is 4.39 Å². The molecule has 0 saturated heterocycles. The van der Waals surface area contributed by atoms with Crippen molar-refractivity contribution in [2.24, 2.45) is 5.73 Å². The number of carbonyl (C=O) groups excluding carboxylic acids is 1. The van der Waals surface area contributed by atoms with E-state index in [0.717, 1.165) is 5.56 Å². The van der Waals surface area contributed by atoms with Gasteiger partial charge in [-0.2, -0.15) is 0 Å². The largest absolute Gasteiger partial charge is 0.497 e. The van der Waals surface area contributed by atoms with Gasteiger partial charge < -0.3 is 10.5 Å². The molecule has 0 radical (unpaired) electrons. The number of methoxy groups -OCH3 is 1. The smallest absolute Gasteiger partial charge is 0.167 e. The minimum Gasteiger partial charge on any atom is -0.497 e. The lowest BCUT2D eigenvalue weighted by Gasteiger charge is -2.11. The fraction of sp³-hybridized carbons (Fsp3) is 0.188. The predicted octanol–water partition coefficient (Wildman–Crippen LogP) is 3.11. The van der Waals surface area contributed by atoms with Gasteiger partial charge in [-0.3, -0.25) is 4.79 Å². The Morgan fingerprint density at radius 1 is 1.25 bits per heavy atom. The van der Waals surface area contributed by atoms with Crippen LogP contribution in [0.3, 0.4) is 0 Å². The van der Waals surface area contributed by atoms with Gasteiger partial charge >= 0.3 is 0 Å². The van der Waals surface area contributed by atoms with Gasteiger partial charge in [0.25, 0.3) is 0 Å². The Labute approximate surface area is 117 Å². The zero-order chi connectivity index (χ0) is 14.5. The number of hydrogen-bond donors (Lipinski definition) is 1. The molecule has 4 heteroatoms. The summed E-state index contributed by atoms with van der Waals surface area (Å²) in [6.45, 7) is 0. The number of ketones is 1. The van der Waals surface area contributed by atoms with E-state index >= 15 is 0 Å². The number of ether oxygens (including phenoxy) is 1. The minimum absolute atomic E-state index is 0.0391. The maximum atomic E-state index is 13.8. The lowest BCUT2D eigenvalue weighted by Crippen LogP contribution is -2.16. The zero-order valence-electron chi connectivity index (χ0n) is 11.2. The Morgan fingerprint density at radius 3 is 2.55 bits per heavy atom. The first-order chi connectivity index (χ1) is 9.61. The van der Waals surface area contributed by atoms with Gasteiger partial charge in [0.2, 0.25) is 0 Å². The number of carbonyl (C=O) groups is 1. The Bertz CT molecular complexity index is 599.